The number of anilines is 2. The van der Waals surface area contributed by atoms with Crippen LogP contribution in [0.3, 0.4) is 0 Å². The number of sulfone groups is 1. The number of hydrogen-bond acceptors (Lipinski definition) is 12. The van der Waals surface area contributed by atoms with E-state index in [0.717, 1.165) is 36.8 Å². The van der Waals surface area contributed by atoms with E-state index in [2.05, 4.69) is 42.1 Å². The third-order valence-corrected chi connectivity index (χ3v) is 14.1. The number of hydrogen-bond donors (Lipinski definition) is 7. The third kappa shape index (κ3) is 17.5. The van der Waals surface area contributed by atoms with Gasteiger partial charge in [0.05, 0.1) is 22.3 Å². The molecule has 0 aromatic heterocycles. The van der Waals surface area contributed by atoms with Crippen molar-refractivity contribution in [3.05, 3.63) is 126 Å². The number of benzene rings is 5. The lowest BCUT2D eigenvalue weighted by atomic mass is 9.84. The van der Waals surface area contributed by atoms with E-state index in [0.29, 0.717) is 65.3 Å². The molecule has 1 fully saturated rings. The van der Waals surface area contributed by atoms with Crippen LogP contribution in [-0.2, 0) is 24.2 Å². The molecule has 0 radical (unpaired) electrons. The van der Waals surface area contributed by atoms with Gasteiger partial charge >= 0.3 is 5.97 Å². The maximum atomic E-state index is 14.1. The fraction of sp³-hybridized carbons (Fsp3) is 0.400. The van der Waals surface area contributed by atoms with Gasteiger partial charge in [-0.15, -0.1) is 0 Å². The summed E-state index contributed by atoms with van der Waals surface area (Å²) in [7, 11) is 0.462. The standard InChI is InChI=1S/C55H69N9O8S/c1-64(2)44-29-27-42(28-30-44)63-62-41-25-23-40(24-26-41)52(66)58-33-11-10-20-49(55(69)70)61-54(68)48(59-37-43(36-38-14-6-4-7-15-38)60-53(67)39-16-8-5-9-17-39)31-32-51(65)57-35-34-56-47-21-12-19-46-45(47)18-13-22-50(46)73(3,71)72/h5,8-9,12-13,16-19,21-30,38,43,48-49,56,59H,4,6-7,10-11,14-15,20,31-37H2,1-3H3,(H,57,65)(H,58,66)(H,60,67)(H,61,68)(H,69,70)/t43-,48-,49-/m0/s1. The first kappa shape index (κ1) is 55.1. The lowest BCUT2D eigenvalue weighted by Crippen LogP contribution is -2.53. The van der Waals surface area contributed by atoms with Gasteiger partial charge in [-0.25, -0.2) is 13.2 Å². The van der Waals surface area contributed by atoms with Crippen LogP contribution in [0.25, 0.3) is 10.8 Å². The number of carbonyl (C=O) groups excluding carboxylic acids is 4. The van der Waals surface area contributed by atoms with E-state index in [9.17, 15) is 37.5 Å². The van der Waals surface area contributed by atoms with E-state index in [4.69, 9.17) is 0 Å². The summed E-state index contributed by atoms with van der Waals surface area (Å²) in [6, 6.07) is 31.1. The highest BCUT2D eigenvalue weighted by molar-refractivity contribution is 7.91. The summed E-state index contributed by atoms with van der Waals surface area (Å²) in [4.78, 5) is 68.4. The number of unbranched alkanes of at least 4 members (excludes halogenated alkanes) is 1. The Labute approximate surface area is 428 Å². The van der Waals surface area contributed by atoms with Crippen LogP contribution in [-0.4, -0.2) is 108 Å². The fourth-order valence-electron chi connectivity index (χ4n) is 8.93. The first-order valence-corrected chi connectivity index (χ1v) is 27.0. The highest BCUT2D eigenvalue weighted by Gasteiger charge is 2.28. The van der Waals surface area contributed by atoms with Gasteiger partial charge in [-0.05, 0) is 111 Å². The predicted octanol–water partition coefficient (Wildman–Crippen LogP) is 7.93. The molecule has 1 saturated carbocycles. The van der Waals surface area contributed by atoms with Crippen molar-refractivity contribution in [2.45, 2.75) is 93.7 Å². The monoisotopic (exact) mass is 1020 g/mol. The second-order valence-electron chi connectivity index (χ2n) is 18.8. The van der Waals surface area contributed by atoms with E-state index in [1.54, 1.807) is 72.8 Å². The van der Waals surface area contributed by atoms with Crippen LogP contribution < -0.4 is 36.8 Å². The van der Waals surface area contributed by atoms with Crippen molar-refractivity contribution in [3.63, 3.8) is 0 Å². The Kier molecular flexibility index (Phi) is 20.8. The molecule has 73 heavy (non-hydrogen) atoms. The molecule has 18 heteroatoms. The van der Waals surface area contributed by atoms with Crippen molar-refractivity contribution in [1.29, 1.82) is 0 Å². The molecule has 4 amide bonds. The Hall–Kier alpha value is -7.18. The summed E-state index contributed by atoms with van der Waals surface area (Å²) >= 11 is 0. The molecule has 5 aromatic carbocycles. The molecular formula is C55H69N9O8S. The Morgan fingerprint density at radius 1 is 0.671 bits per heavy atom. The Morgan fingerprint density at radius 3 is 2.00 bits per heavy atom. The van der Waals surface area contributed by atoms with Crippen molar-refractivity contribution in [3.8, 4) is 0 Å². The lowest BCUT2D eigenvalue weighted by molar-refractivity contribution is -0.142. The van der Waals surface area contributed by atoms with Gasteiger partial charge in [0.2, 0.25) is 11.8 Å². The average molecular weight is 1020 g/mol. The quantitative estimate of drug-likeness (QED) is 0.0197. The van der Waals surface area contributed by atoms with E-state index >= 15 is 0 Å². The third-order valence-electron chi connectivity index (χ3n) is 12.9. The average Bonchev–Trinajstić information content (AvgIpc) is 3.38. The van der Waals surface area contributed by atoms with E-state index in [1.165, 1.54) is 12.7 Å². The maximum Gasteiger partial charge on any atom is 0.326 e. The molecule has 5 aromatic rings. The van der Waals surface area contributed by atoms with Crippen LogP contribution in [0, 0.1) is 5.92 Å². The zero-order chi connectivity index (χ0) is 52.2. The predicted molar refractivity (Wildman–Crippen MR) is 286 cm³/mol. The molecule has 3 atom stereocenters. The zero-order valence-corrected chi connectivity index (χ0v) is 42.8. The van der Waals surface area contributed by atoms with Crippen LogP contribution in [0.5, 0.6) is 0 Å². The summed E-state index contributed by atoms with van der Waals surface area (Å²) in [6.07, 6.45) is 8.24. The molecule has 0 spiro atoms. The molecule has 1 aliphatic rings. The number of carboxylic acid groups (broad SMARTS) is 1. The van der Waals surface area contributed by atoms with Gasteiger partial charge in [-0.2, -0.15) is 10.2 Å². The number of rotatable bonds is 27. The highest BCUT2D eigenvalue weighted by Crippen LogP contribution is 2.30. The van der Waals surface area contributed by atoms with Crippen molar-refractivity contribution in [2.75, 3.05) is 56.7 Å². The van der Waals surface area contributed by atoms with Gasteiger partial charge in [-0.3, -0.25) is 19.2 Å². The Morgan fingerprint density at radius 2 is 1.33 bits per heavy atom. The molecule has 0 heterocycles. The smallest absolute Gasteiger partial charge is 0.326 e. The van der Waals surface area contributed by atoms with Crippen LogP contribution in [0.2, 0.25) is 0 Å². The summed E-state index contributed by atoms with van der Waals surface area (Å²) in [6.45, 7) is 1.05. The van der Waals surface area contributed by atoms with Crippen LogP contribution >= 0.6 is 0 Å². The summed E-state index contributed by atoms with van der Waals surface area (Å²) in [5, 5.41) is 38.3. The van der Waals surface area contributed by atoms with Crippen molar-refractivity contribution < 1.29 is 37.5 Å². The molecule has 6 rings (SSSR count). The number of amides is 4. The molecule has 0 bridgehead atoms. The van der Waals surface area contributed by atoms with E-state index in [1.807, 2.05) is 61.5 Å². The zero-order valence-electron chi connectivity index (χ0n) is 41.9. The van der Waals surface area contributed by atoms with Gasteiger partial charge in [0, 0.05) is 92.3 Å². The van der Waals surface area contributed by atoms with Crippen LogP contribution in [0.4, 0.5) is 22.7 Å². The lowest BCUT2D eigenvalue weighted by Gasteiger charge is -2.29. The van der Waals surface area contributed by atoms with Crippen LogP contribution in [0.15, 0.2) is 130 Å². The van der Waals surface area contributed by atoms with Gasteiger partial charge in [0.1, 0.15) is 6.04 Å². The number of nitrogens with zero attached hydrogens (tertiary/aromatic N) is 3. The SMILES string of the molecule is CN(C)c1ccc(N=Nc2ccc(C(=O)NCCCC[C@H](NC(=O)[C@H](CCC(=O)NCCNc3cccc4c(S(C)(=O)=O)cccc34)NC[C@H](CC3CCCCC3)NC(=O)c3ccccc3)C(=O)O)cc2)cc1. The van der Waals surface area contributed by atoms with Crippen molar-refractivity contribution in [1.82, 2.24) is 26.6 Å². The van der Waals surface area contributed by atoms with E-state index in [-0.39, 0.29) is 67.6 Å². The summed E-state index contributed by atoms with van der Waals surface area (Å²) in [5.74, 6) is -2.27. The van der Waals surface area contributed by atoms with Crippen molar-refractivity contribution >= 4 is 73.0 Å². The van der Waals surface area contributed by atoms with E-state index < -0.39 is 33.8 Å². The fourth-order valence-corrected chi connectivity index (χ4v) is 9.83. The minimum absolute atomic E-state index is 0.0402. The molecule has 7 N–H and O–H groups in total. The Balaban J connectivity index is 1.03. The largest absolute Gasteiger partial charge is 0.480 e. The second-order valence-corrected chi connectivity index (χ2v) is 20.8. The second kappa shape index (κ2) is 27.6. The first-order chi connectivity index (χ1) is 35.1. The number of carbonyl (C=O) groups is 5. The number of azo groups is 1. The number of fused-ring (bicyclic) bond motifs is 1. The molecule has 1 aliphatic carbocycles. The van der Waals surface area contributed by atoms with Gasteiger partial charge in [0.15, 0.2) is 9.84 Å². The maximum absolute atomic E-state index is 14.1. The minimum Gasteiger partial charge on any atom is -0.480 e. The number of aliphatic carboxylic acids is 1. The highest BCUT2D eigenvalue weighted by atomic mass is 32.2. The number of nitrogens with one attached hydrogen (secondary N) is 6. The summed E-state index contributed by atoms with van der Waals surface area (Å²) in [5.41, 5.74) is 3.98. The van der Waals surface area contributed by atoms with Gasteiger partial charge < -0.3 is 41.9 Å². The minimum atomic E-state index is -3.46. The number of carboxylic acids is 1. The molecule has 17 nitrogen and oxygen atoms in total. The van der Waals surface area contributed by atoms with Gasteiger partial charge in [0.25, 0.3) is 11.8 Å². The molecular weight excluding hydrogens is 947 g/mol. The Bertz CT molecular complexity index is 2770. The molecule has 0 aliphatic heterocycles. The molecule has 388 valence electrons. The van der Waals surface area contributed by atoms with Crippen LogP contribution in [0.1, 0.15) is 91.3 Å². The first-order valence-electron chi connectivity index (χ1n) is 25.1. The van der Waals surface area contributed by atoms with Gasteiger partial charge in [-0.1, -0.05) is 74.6 Å². The topological polar surface area (TPSA) is 240 Å². The normalized spacial score (nSPS) is 14.2. The summed E-state index contributed by atoms with van der Waals surface area (Å²) < 4.78 is 24.8. The van der Waals surface area contributed by atoms with Crippen molar-refractivity contribution in [2.24, 2.45) is 16.1 Å². The molecule has 0 unspecified atom stereocenters. The molecule has 0 saturated heterocycles.